The molecule has 1 unspecified atom stereocenters. The van der Waals surface area contributed by atoms with Gasteiger partial charge in [0, 0.05) is 23.3 Å². The Kier molecular flexibility index (Phi) is 6.54. The van der Waals surface area contributed by atoms with E-state index in [1.807, 2.05) is 36.4 Å². The van der Waals surface area contributed by atoms with Crippen LogP contribution in [0.4, 0.5) is 0 Å². The van der Waals surface area contributed by atoms with E-state index in [0.29, 0.717) is 30.2 Å². The number of halogens is 1. The van der Waals surface area contributed by atoms with Gasteiger partial charge in [-0.15, -0.1) is 11.8 Å². The van der Waals surface area contributed by atoms with Crippen LogP contribution in [0, 0.1) is 11.3 Å². The molecule has 1 aliphatic rings. The molecule has 1 N–H and O–H groups in total. The molecule has 7 heteroatoms. The third-order valence-electron chi connectivity index (χ3n) is 4.31. The molecule has 2 aromatic carbocycles. The lowest BCUT2D eigenvalue weighted by molar-refractivity contribution is -0.141. The summed E-state index contributed by atoms with van der Waals surface area (Å²) in [5.41, 5.74) is 2.47. The van der Waals surface area contributed by atoms with Crippen molar-refractivity contribution in [3.05, 3.63) is 69.7 Å². The van der Waals surface area contributed by atoms with Gasteiger partial charge in [0.15, 0.2) is 0 Å². The normalized spacial score (nSPS) is 16.5. The fourth-order valence-corrected chi connectivity index (χ4v) is 4.33. The molecule has 0 saturated carbocycles. The highest BCUT2D eigenvalue weighted by Crippen LogP contribution is 2.30. The Hall–Kier alpha value is -2.30. The second-order valence-electron chi connectivity index (χ2n) is 6.10. The molecule has 138 valence electrons. The van der Waals surface area contributed by atoms with Gasteiger partial charge in [0.05, 0.1) is 17.4 Å². The van der Waals surface area contributed by atoms with Crippen LogP contribution in [0.15, 0.2) is 53.0 Å². The molecule has 0 bridgehead atoms. The van der Waals surface area contributed by atoms with E-state index < -0.39 is 6.04 Å². The molecule has 1 saturated heterocycles. The quantitative estimate of drug-likeness (QED) is 0.769. The smallest absolute Gasteiger partial charge is 0.247 e. The Bertz CT molecular complexity index is 880. The molecule has 0 radical (unpaired) electrons. The monoisotopic (exact) mass is 443 g/mol. The molecule has 5 nitrogen and oxygen atoms in total. The largest absolute Gasteiger partial charge is 0.352 e. The molecular weight excluding hydrogens is 426 g/mol. The molecule has 3 rings (SSSR count). The van der Waals surface area contributed by atoms with E-state index in [0.717, 1.165) is 15.6 Å². The Morgan fingerprint density at radius 2 is 2.00 bits per heavy atom. The van der Waals surface area contributed by atoms with Crippen LogP contribution < -0.4 is 5.32 Å². The van der Waals surface area contributed by atoms with E-state index >= 15 is 0 Å². The van der Waals surface area contributed by atoms with Crippen molar-refractivity contribution in [2.45, 2.75) is 11.8 Å². The predicted octanol–water partition coefficient (Wildman–Crippen LogP) is 3.25. The fourth-order valence-electron chi connectivity index (χ4n) is 2.96. The van der Waals surface area contributed by atoms with Gasteiger partial charge in [0.2, 0.25) is 11.8 Å². The summed E-state index contributed by atoms with van der Waals surface area (Å²) in [4.78, 5) is 26.9. The molecule has 1 atom stereocenters. The molecule has 0 aliphatic carbocycles. The van der Waals surface area contributed by atoms with E-state index in [-0.39, 0.29) is 11.8 Å². The first-order valence-corrected chi connectivity index (χ1v) is 10.4. The number of piperazine rings is 1. The average molecular weight is 444 g/mol. The first-order chi connectivity index (χ1) is 13.1. The van der Waals surface area contributed by atoms with Crippen molar-refractivity contribution in [1.82, 2.24) is 10.2 Å². The predicted molar refractivity (Wildman–Crippen MR) is 109 cm³/mol. The second-order valence-corrected chi connectivity index (χ2v) is 7.94. The molecule has 27 heavy (non-hydrogen) atoms. The van der Waals surface area contributed by atoms with Gasteiger partial charge in [-0.1, -0.05) is 46.3 Å². The van der Waals surface area contributed by atoms with Crippen LogP contribution in [0.5, 0.6) is 0 Å². The van der Waals surface area contributed by atoms with Crippen LogP contribution >= 0.6 is 27.7 Å². The highest BCUT2D eigenvalue weighted by Gasteiger charge is 2.35. The fraction of sp³-hybridized carbons (Fsp3) is 0.250. The Labute approximate surface area is 170 Å². The van der Waals surface area contributed by atoms with Gasteiger partial charge in [-0.05, 0) is 29.3 Å². The van der Waals surface area contributed by atoms with Gasteiger partial charge in [0.25, 0.3) is 0 Å². The van der Waals surface area contributed by atoms with Crippen molar-refractivity contribution in [3.63, 3.8) is 0 Å². The molecule has 0 aromatic heterocycles. The maximum Gasteiger partial charge on any atom is 0.247 e. The minimum absolute atomic E-state index is 0.0516. The molecule has 0 spiro atoms. The van der Waals surface area contributed by atoms with Crippen LogP contribution in [0.2, 0.25) is 0 Å². The van der Waals surface area contributed by atoms with Gasteiger partial charge in [-0.3, -0.25) is 9.59 Å². The number of nitriles is 1. The number of amides is 2. The number of rotatable bonds is 5. The summed E-state index contributed by atoms with van der Waals surface area (Å²) in [7, 11) is 0. The van der Waals surface area contributed by atoms with Gasteiger partial charge in [-0.25, -0.2) is 0 Å². The zero-order valence-corrected chi connectivity index (χ0v) is 16.9. The van der Waals surface area contributed by atoms with Crippen LogP contribution in [-0.4, -0.2) is 35.6 Å². The zero-order chi connectivity index (χ0) is 19.2. The number of thioether (sulfide) groups is 1. The molecule has 1 heterocycles. The van der Waals surface area contributed by atoms with Gasteiger partial charge in [0.1, 0.15) is 6.04 Å². The Morgan fingerprint density at radius 1 is 1.26 bits per heavy atom. The summed E-state index contributed by atoms with van der Waals surface area (Å²) >= 11 is 4.99. The third-order valence-corrected chi connectivity index (χ3v) is 6.02. The first-order valence-electron chi connectivity index (χ1n) is 8.48. The summed E-state index contributed by atoms with van der Waals surface area (Å²) in [5.74, 6) is 0.772. The molecule has 1 fully saturated rings. The SMILES string of the molecule is N#Cc1ccc(CSCC(=O)N2CCNC(=O)C2c2ccccc2Br)cc1. The average Bonchev–Trinajstić information content (AvgIpc) is 2.69. The lowest BCUT2D eigenvalue weighted by atomic mass is 10.0. The van der Waals surface area contributed by atoms with Crippen molar-refractivity contribution >= 4 is 39.5 Å². The Morgan fingerprint density at radius 3 is 2.70 bits per heavy atom. The highest BCUT2D eigenvalue weighted by molar-refractivity contribution is 9.10. The van der Waals surface area contributed by atoms with Crippen molar-refractivity contribution < 1.29 is 9.59 Å². The van der Waals surface area contributed by atoms with Gasteiger partial charge >= 0.3 is 0 Å². The highest BCUT2D eigenvalue weighted by atomic mass is 79.9. The number of nitrogens with zero attached hydrogens (tertiary/aromatic N) is 2. The van der Waals surface area contributed by atoms with Crippen LogP contribution in [0.3, 0.4) is 0 Å². The van der Waals surface area contributed by atoms with Gasteiger partial charge in [-0.2, -0.15) is 5.26 Å². The minimum Gasteiger partial charge on any atom is -0.352 e. The number of carbonyl (C=O) groups excluding carboxylic acids is 2. The Balaban J connectivity index is 1.65. The summed E-state index contributed by atoms with van der Waals surface area (Å²) in [6.45, 7) is 0.958. The maximum atomic E-state index is 12.8. The van der Waals surface area contributed by atoms with Crippen molar-refractivity contribution in [1.29, 1.82) is 5.26 Å². The first kappa shape index (κ1) is 19.5. The van der Waals surface area contributed by atoms with Crippen LogP contribution in [0.25, 0.3) is 0 Å². The number of benzene rings is 2. The van der Waals surface area contributed by atoms with E-state index in [9.17, 15) is 9.59 Å². The van der Waals surface area contributed by atoms with E-state index in [2.05, 4.69) is 27.3 Å². The lowest BCUT2D eigenvalue weighted by Crippen LogP contribution is -2.52. The summed E-state index contributed by atoms with van der Waals surface area (Å²) in [6.07, 6.45) is 0. The number of carbonyl (C=O) groups is 2. The molecule has 2 aromatic rings. The van der Waals surface area contributed by atoms with E-state index in [1.54, 1.807) is 17.0 Å². The maximum absolute atomic E-state index is 12.8. The lowest BCUT2D eigenvalue weighted by Gasteiger charge is -2.35. The standard InChI is InChI=1S/C20H18BrN3O2S/c21-17-4-2-1-3-16(17)19-20(26)23-9-10-24(19)18(25)13-27-12-15-7-5-14(11-22)6-8-15/h1-8,19H,9-10,12-13H2,(H,23,26). The third kappa shape index (κ3) is 4.71. The second kappa shape index (κ2) is 9.07. The van der Waals surface area contributed by atoms with Crippen molar-refractivity contribution in [3.8, 4) is 6.07 Å². The van der Waals surface area contributed by atoms with E-state index in [1.165, 1.54) is 11.8 Å². The summed E-state index contributed by atoms with van der Waals surface area (Å²) < 4.78 is 0.815. The van der Waals surface area contributed by atoms with Gasteiger partial charge < -0.3 is 10.2 Å². The molecule has 1 aliphatic heterocycles. The van der Waals surface area contributed by atoms with Crippen molar-refractivity contribution in [2.24, 2.45) is 0 Å². The van der Waals surface area contributed by atoms with Crippen molar-refractivity contribution in [2.75, 3.05) is 18.8 Å². The topological polar surface area (TPSA) is 73.2 Å². The summed E-state index contributed by atoms with van der Waals surface area (Å²) in [6, 6.07) is 16.3. The number of hydrogen-bond donors (Lipinski definition) is 1. The summed E-state index contributed by atoms with van der Waals surface area (Å²) in [5, 5.41) is 11.7. The molecule has 2 amide bonds. The number of nitrogens with one attached hydrogen (secondary N) is 1. The minimum atomic E-state index is -0.614. The number of hydrogen-bond acceptors (Lipinski definition) is 4. The van der Waals surface area contributed by atoms with Crippen LogP contribution in [0.1, 0.15) is 22.7 Å². The van der Waals surface area contributed by atoms with Crippen LogP contribution in [-0.2, 0) is 15.3 Å². The van der Waals surface area contributed by atoms with E-state index in [4.69, 9.17) is 5.26 Å². The molecular formula is C20H18BrN3O2S. The zero-order valence-electron chi connectivity index (χ0n) is 14.5.